The normalized spacial score (nSPS) is 12.2. The van der Waals surface area contributed by atoms with Gasteiger partial charge in [-0.15, -0.1) is 0 Å². The molecule has 0 fully saturated rings. The summed E-state index contributed by atoms with van der Waals surface area (Å²) in [7, 11) is 0. The highest BCUT2D eigenvalue weighted by molar-refractivity contribution is 5.80. The third-order valence-electron chi connectivity index (χ3n) is 2.37. The van der Waals surface area contributed by atoms with E-state index in [0.717, 1.165) is 12.0 Å². The van der Waals surface area contributed by atoms with Crippen LogP contribution < -0.4 is 11.1 Å². The van der Waals surface area contributed by atoms with Crippen molar-refractivity contribution in [3.8, 4) is 0 Å². The van der Waals surface area contributed by atoms with Crippen LogP contribution in [0.3, 0.4) is 0 Å². The summed E-state index contributed by atoms with van der Waals surface area (Å²) in [5.74, 6) is -0.110. The second-order valence-corrected chi connectivity index (χ2v) is 3.63. The molecule has 3 N–H and O–H groups in total. The summed E-state index contributed by atoms with van der Waals surface area (Å²) in [5, 5.41) is 2.81. The second-order valence-electron chi connectivity index (χ2n) is 3.63. The Morgan fingerprint density at radius 1 is 1.40 bits per heavy atom. The van der Waals surface area contributed by atoms with Gasteiger partial charge in [0.15, 0.2) is 0 Å². The smallest absolute Gasteiger partial charge is 0.236 e. The number of hydrogen-bond acceptors (Lipinski definition) is 2. The molecular formula is C12H18N2O. The Balaban J connectivity index is 2.61. The lowest BCUT2D eigenvalue weighted by atomic mass is 10.1. The highest BCUT2D eigenvalue weighted by atomic mass is 16.2. The van der Waals surface area contributed by atoms with Crippen molar-refractivity contribution in [3.63, 3.8) is 0 Å². The fourth-order valence-electron chi connectivity index (χ4n) is 1.42. The first kappa shape index (κ1) is 11.7. The molecule has 3 heteroatoms. The molecule has 0 aliphatic heterocycles. The molecule has 0 aromatic heterocycles. The molecule has 0 saturated carbocycles. The predicted molar refractivity (Wildman–Crippen MR) is 61.3 cm³/mol. The van der Waals surface area contributed by atoms with Crippen LogP contribution in [0.4, 0.5) is 0 Å². The van der Waals surface area contributed by atoms with Crippen molar-refractivity contribution in [2.24, 2.45) is 5.73 Å². The van der Waals surface area contributed by atoms with Gasteiger partial charge in [-0.25, -0.2) is 0 Å². The second kappa shape index (κ2) is 5.51. The van der Waals surface area contributed by atoms with Crippen molar-refractivity contribution >= 4 is 5.91 Å². The average Bonchev–Trinajstić information content (AvgIpc) is 2.26. The summed E-state index contributed by atoms with van der Waals surface area (Å²) in [6, 6.07) is 7.65. The number of rotatable bonds is 4. The van der Waals surface area contributed by atoms with E-state index in [4.69, 9.17) is 5.73 Å². The van der Waals surface area contributed by atoms with Gasteiger partial charge in [0, 0.05) is 6.54 Å². The van der Waals surface area contributed by atoms with Crippen LogP contribution in [0, 0.1) is 0 Å². The van der Waals surface area contributed by atoms with E-state index in [1.165, 1.54) is 5.56 Å². The lowest BCUT2D eigenvalue weighted by molar-refractivity contribution is -0.122. The van der Waals surface area contributed by atoms with Crippen molar-refractivity contribution in [1.82, 2.24) is 5.32 Å². The zero-order chi connectivity index (χ0) is 11.3. The standard InChI is InChI=1S/C12H18N2O/c1-3-10-6-4-5-7-11(10)8-14-12(15)9(2)13/h4-7,9H,3,8,13H2,1-2H3,(H,14,15)/t9-/m1/s1. The topological polar surface area (TPSA) is 55.1 Å². The maximum absolute atomic E-state index is 11.3. The van der Waals surface area contributed by atoms with E-state index < -0.39 is 6.04 Å². The Morgan fingerprint density at radius 3 is 2.53 bits per heavy atom. The van der Waals surface area contributed by atoms with Gasteiger partial charge in [0.25, 0.3) is 0 Å². The molecule has 1 amide bonds. The molecule has 0 unspecified atom stereocenters. The van der Waals surface area contributed by atoms with Crippen LogP contribution in [0.25, 0.3) is 0 Å². The largest absolute Gasteiger partial charge is 0.351 e. The zero-order valence-corrected chi connectivity index (χ0v) is 9.29. The van der Waals surface area contributed by atoms with Gasteiger partial charge in [-0.2, -0.15) is 0 Å². The van der Waals surface area contributed by atoms with E-state index in [1.54, 1.807) is 6.92 Å². The Hall–Kier alpha value is -1.35. The number of benzene rings is 1. The van der Waals surface area contributed by atoms with Gasteiger partial charge < -0.3 is 11.1 Å². The Labute approximate surface area is 90.7 Å². The number of nitrogens with two attached hydrogens (primary N) is 1. The molecule has 1 rings (SSSR count). The molecule has 0 heterocycles. The van der Waals surface area contributed by atoms with Crippen molar-refractivity contribution in [3.05, 3.63) is 35.4 Å². The van der Waals surface area contributed by atoms with E-state index in [1.807, 2.05) is 18.2 Å². The van der Waals surface area contributed by atoms with Gasteiger partial charge in [-0.05, 0) is 24.5 Å². The van der Waals surface area contributed by atoms with Crippen molar-refractivity contribution < 1.29 is 4.79 Å². The molecule has 0 spiro atoms. The number of carbonyl (C=O) groups is 1. The molecule has 0 bridgehead atoms. The Morgan fingerprint density at radius 2 is 2.00 bits per heavy atom. The fourth-order valence-corrected chi connectivity index (χ4v) is 1.42. The number of nitrogens with one attached hydrogen (secondary N) is 1. The molecule has 0 saturated heterocycles. The number of aryl methyl sites for hydroxylation is 1. The molecule has 1 atom stereocenters. The highest BCUT2D eigenvalue weighted by Crippen LogP contribution is 2.08. The average molecular weight is 206 g/mol. The molecule has 0 aliphatic carbocycles. The third kappa shape index (κ3) is 3.36. The molecule has 3 nitrogen and oxygen atoms in total. The summed E-state index contributed by atoms with van der Waals surface area (Å²) in [6.45, 7) is 4.34. The van der Waals surface area contributed by atoms with Crippen LogP contribution in [-0.2, 0) is 17.8 Å². The highest BCUT2D eigenvalue weighted by Gasteiger charge is 2.07. The molecule has 0 radical (unpaired) electrons. The van der Waals surface area contributed by atoms with Crippen LogP contribution in [-0.4, -0.2) is 11.9 Å². The van der Waals surface area contributed by atoms with Gasteiger partial charge in [0.2, 0.25) is 5.91 Å². The van der Waals surface area contributed by atoms with Crippen LogP contribution >= 0.6 is 0 Å². The molecule has 1 aromatic carbocycles. The SMILES string of the molecule is CCc1ccccc1CNC(=O)[C@@H](C)N. The van der Waals surface area contributed by atoms with E-state index in [9.17, 15) is 4.79 Å². The minimum Gasteiger partial charge on any atom is -0.351 e. The van der Waals surface area contributed by atoms with Gasteiger partial charge >= 0.3 is 0 Å². The van der Waals surface area contributed by atoms with E-state index >= 15 is 0 Å². The molecule has 1 aromatic rings. The van der Waals surface area contributed by atoms with Crippen LogP contribution in [0.15, 0.2) is 24.3 Å². The quantitative estimate of drug-likeness (QED) is 0.778. The Kier molecular flexibility index (Phi) is 4.31. The minimum atomic E-state index is -0.446. The number of amides is 1. The zero-order valence-electron chi connectivity index (χ0n) is 9.29. The van der Waals surface area contributed by atoms with Gasteiger partial charge in [0.05, 0.1) is 6.04 Å². The lowest BCUT2D eigenvalue weighted by Crippen LogP contribution is -2.37. The van der Waals surface area contributed by atoms with Gasteiger partial charge in [-0.1, -0.05) is 31.2 Å². The Bertz CT molecular complexity index is 334. The molecule has 82 valence electrons. The first-order chi connectivity index (χ1) is 7.15. The van der Waals surface area contributed by atoms with Crippen LogP contribution in [0.2, 0.25) is 0 Å². The van der Waals surface area contributed by atoms with E-state index in [2.05, 4.69) is 18.3 Å². The van der Waals surface area contributed by atoms with Crippen LogP contribution in [0.1, 0.15) is 25.0 Å². The fraction of sp³-hybridized carbons (Fsp3) is 0.417. The predicted octanol–water partition coefficient (Wildman–Crippen LogP) is 1.21. The molecule has 0 aliphatic rings. The van der Waals surface area contributed by atoms with E-state index in [-0.39, 0.29) is 5.91 Å². The number of carbonyl (C=O) groups excluding carboxylic acids is 1. The third-order valence-corrected chi connectivity index (χ3v) is 2.37. The summed E-state index contributed by atoms with van der Waals surface area (Å²) >= 11 is 0. The first-order valence-electron chi connectivity index (χ1n) is 5.25. The number of hydrogen-bond donors (Lipinski definition) is 2. The monoisotopic (exact) mass is 206 g/mol. The molecular weight excluding hydrogens is 188 g/mol. The van der Waals surface area contributed by atoms with Gasteiger partial charge in [0.1, 0.15) is 0 Å². The maximum atomic E-state index is 11.3. The van der Waals surface area contributed by atoms with Crippen molar-refractivity contribution in [2.45, 2.75) is 32.9 Å². The maximum Gasteiger partial charge on any atom is 0.236 e. The summed E-state index contributed by atoms with van der Waals surface area (Å²) < 4.78 is 0. The summed E-state index contributed by atoms with van der Waals surface area (Å²) in [6.07, 6.45) is 0.976. The lowest BCUT2D eigenvalue weighted by Gasteiger charge is -2.10. The van der Waals surface area contributed by atoms with Crippen molar-refractivity contribution in [1.29, 1.82) is 0 Å². The first-order valence-corrected chi connectivity index (χ1v) is 5.25. The van der Waals surface area contributed by atoms with Crippen molar-refractivity contribution in [2.75, 3.05) is 0 Å². The van der Waals surface area contributed by atoms with Gasteiger partial charge in [-0.3, -0.25) is 4.79 Å². The van der Waals surface area contributed by atoms with E-state index in [0.29, 0.717) is 6.54 Å². The van der Waals surface area contributed by atoms with Crippen LogP contribution in [0.5, 0.6) is 0 Å². The summed E-state index contributed by atoms with van der Waals surface area (Å²) in [5.41, 5.74) is 7.89. The molecule has 15 heavy (non-hydrogen) atoms. The summed E-state index contributed by atoms with van der Waals surface area (Å²) in [4.78, 5) is 11.3. The minimum absolute atomic E-state index is 0.110.